The van der Waals surface area contributed by atoms with Gasteiger partial charge in [-0.25, -0.2) is 4.98 Å². The molecular formula is C11H15N9. The lowest BCUT2D eigenvalue weighted by atomic mass is 10.3. The Morgan fingerprint density at radius 2 is 2.25 bits per heavy atom. The molecule has 0 aromatic carbocycles. The minimum atomic E-state index is 0.542. The van der Waals surface area contributed by atoms with Gasteiger partial charge in [-0.05, 0) is 0 Å². The minimum Gasteiger partial charge on any atom is -0.369 e. The topological polar surface area (TPSA) is 109 Å². The van der Waals surface area contributed by atoms with Crippen molar-refractivity contribution in [2.24, 2.45) is 7.05 Å². The van der Waals surface area contributed by atoms with Crippen molar-refractivity contribution < 1.29 is 0 Å². The molecule has 20 heavy (non-hydrogen) atoms. The summed E-state index contributed by atoms with van der Waals surface area (Å²) in [5.41, 5.74) is 0.697. The van der Waals surface area contributed by atoms with Gasteiger partial charge in [0.25, 0.3) is 0 Å². The van der Waals surface area contributed by atoms with Crippen molar-refractivity contribution >= 4 is 22.8 Å². The molecule has 0 atom stereocenters. The van der Waals surface area contributed by atoms with E-state index in [1.807, 2.05) is 7.05 Å². The van der Waals surface area contributed by atoms with Gasteiger partial charge in [0.2, 0.25) is 5.95 Å². The summed E-state index contributed by atoms with van der Waals surface area (Å²) < 4.78 is 1.69. The maximum absolute atomic E-state index is 4.39. The maximum Gasteiger partial charge on any atom is 0.226 e. The van der Waals surface area contributed by atoms with Gasteiger partial charge < -0.3 is 10.6 Å². The van der Waals surface area contributed by atoms with Crippen LogP contribution in [0.1, 0.15) is 5.82 Å². The Kier molecular flexibility index (Phi) is 3.15. The lowest BCUT2D eigenvalue weighted by Crippen LogP contribution is -2.09. The second-order valence-corrected chi connectivity index (χ2v) is 4.29. The van der Waals surface area contributed by atoms with Gasteiger partial charge >= 0.3 is 0 Å². The Morgan fingerprint density at radius 3 is 3.00 bits per heavy atom. The first-order chi connectivity index (χ1) is 9.76. The Balaban J connectivity index is 1.74. The van der Waals surface area contributed by atoms with Crippen LogP contribution >= 0.6 is 0 Å². The van der Waals surface area contributed by atoms with Gasteiger partial charge in [0.15, 0.2) is 11.5 Å². The molecule has 0 bridgehead atoms. The average molecular weight is 273 g/mol. The molecule has 0 saturated heterocycles. The molecular weight excluding hydrogens is 258 g/mol. The number of nitrogens with zero attached hydrogens (tertiary/aromatic N) is 6. The third-order valence-corrected chi connectivity index (χ3v) is 2.82. The SMILES string of the molecule is CNc1nc(NCCc2ncn(C)n2)c2cn[nH]c2n1. The number of fused-ring (bicyclic) bond motifs is 1. The van der Waals surface area contributed by atoms with E-state index in [4.69, 9.17) is 0 Å². The Labute approximate surface area is 114 Å². The van der Waals surface area contributed by atoms with Crippen LogP contribution in [0.15, 0.2) is 12.5 Å². The summed E-state index contributed by atoms with van der Waals surface area (Å²) in [6.07, 6.45) is 4.11. The molecule has 0 amide bonds. The molecule has 9 heteroatoms. The van der Waals surface area contributed by atoms with E-state index in [-0.39, 0.29) is 0 Å². The number of nitrogens with one attached hydrogen (secondary N) is 3. The van der Waals surface area contributed by atoms with Crippen molar-refractivity contribution in [2.45, 2.75) is 6.42 Å². The normalized spacial score (nSPS) is 10.9. The zero-order chi connectivity index (χ0) is 13.9. The van der Waals surface area contributed by atoms with Crippen LogP contribution in [0.4, 0.5) is 11.8 Å². The van der Waals surface area contributed by atoms with Crippen LogP contribution in [-0.2, 0) is 13.5 Å². The Hall–Kier alpha value is -2.71. The third kappa shape index (κ3) is 2.37. The second kappa shape index (κ2) is 5.11. The fourth-order valence-electron chi connectivity index (χ4n) is 1.87. The highest BCUT2D eigenvalue weighted by atomic mass is 15.3. The number of aromatic nitrogens is 7. The predicted octanol–water partition coefficient (Wildman–Crippen LogP) is 0.178. The van der Waals surface area contributed by atoms with Gasteiger partial charge in [-0.2, -0.15) is 20.2 Å². The third-order valence-electron chi connectivity index (χ3n) is 2.82. The lowest BCUT2D eigenvalue weighted by molar-refractivity contribution is 0.742. The van der Waals surface area contributed by atoms with Crippen LogP contribution in [0.5, 0.6) is 0 Å². The highest BCUT2D eigenvalue weighted by Gasteiger charge is 2.08. The van der Waals surface area contributed by atoms with Gasteiger partial charge in [0, 0.05) is 27.1 Å². The smallest absolute Gasteiger partial charge is 0.226 e. The molecule has 0 fully saturated rings. The number of aryl methyl sites for hydroxylation is 1. The fourth-order valence-corrected chi connectivity index (χ4v) is 1.87. The summed E-state index contributed by atoms with van der Waals surface area (Å²) in [5, 5.41) is 18.1. The molecule has 0 saturated carbocycles. The van der Waals surface area contributed by atoms with Crippen molar-refractivity contribution in [3.63, 3.8) is 0 Å². The van der Waals surface area contributed by atoms with Crippen LogP contribution in [0.2, 0.25) is 0 Å². The molecule has 3 heterocycles. The molecule has 0 unspecified atom stereocenters. The number of hydrogen-bond acceptors (Lipinski definition) is 7. The molecule has 3 aromatic rings. The average Bonchev–Trinajstić information content (AvgIpc) is 3.07. The fraction of sp³-hybridized carbons (Fsp3) is 0.364. The number of hydrogen-bond donors (Lipinski definition) is 3. The Bertz CT molecular complexity index is 714. The first-order valence-corrected chi connectivity index (χ1v) is 6.23. The van der Waals surface area contributed by atoms with E-state index in [1.165, 1.54) is 0 Å². The zero-order valence-corrected chi connectivity index (χ0v) is 11.3. The standard InChI is InChI=1S/C11H15N9/c1-12-11-16-9(7-5-15-18-10(7)17-11)13-4-3-8-14-6-20(2)19-8/h5-6H,3-4H2,1-2H3,(H3,12,13,15,16,17,18). The van der Waals surface area contributed by atoms with Gasteiger partial charge in [0.05, 0.1) is 11.6 Å². The van der Waals surface area contributed by atoms with Crippen molar-refractivity contribution in [1.29, 1.82) is 0 Å². The predicted molar refractivity (Wildman–Crippen MR) is 74.4 cm³/mol. The van der Waals surface area contributed by atoms with E-state index in [1.54, 1.807) is 24.3 Å². The van der Waals surface area contributed by atoms with Crippen LogP contribution in [0, 0.1) is 0 Å². The quantitative estimate of drug-likeness (QED) is 0.608. The molecule has 0 spiro atoms. The van der Waals surface area contributed by atoms with E-state index in [0.29, 0.717) is 18.1 Å². The largest absolute Gasteiger partial charge is 0.369 e. The van der Waals surface area contributed by atoms with Crippen molar-refractivity contribution in [3.05, 3.63) is 18.3 Å². The lowest BCUT2D eigenvalue weighted by Gasteiger charge is -2.07. The second-order valence-electron chi connectivity index (χ2n) is 4.29. The molecule has 0 radical (unpaired) electrons. The number of aromatic amines is 1. The van der Waals surface area contributed by atoms with Crippen LogP contribution in [0.3, 0.4) is 0 Å². The molecule has 3 N–H and O–H groups in total. The highest BCUT2D eigenvalue weighted by Crippen LogP contribution is 2.19. The summed E-state index contributed by atoms with van der Waals surface area (Å²) in [7, 11) is 3.63. The first-order valence-electron chi connectivity index (χ1n) is 6.23. The molecule has 9 nitrogen and oxygen atoms in total. The highest BCUT2D eigenvalue weighted by molar-refractivity contribution is 5.86. The van der Waals surface area contributed by atoms with E-state index in [2.05, 4.69) is 40.9 Å². The molecule has 0 aliphatic carbocycles. The molecule has 3 rings (SSSR count). The van der Waals surface area contributed by atoms with Crippen molar-refractivity contribution in [3.8, 4) is 0 Å². The number of rotatable bonds is 5. The summed E-state index contributed by atoms with van der Waals surface area (Å²) in [4.78, 5) is 12.8. The summed E-state index contributed by atoms with van der Waals surface area (Å²) in [5.74, 6) is 2.08. The van der Waals surface area contributed by atoms with Crippen LogP contribution in [0.25, 0.3) is 11.0 Å². The molecule has 0 aliphatic rings. The van der Waals surface area contributed by atoms with Gasteiger partial charge in [-0.3, -0.25) is 9.78 Å². The van der Waals surface area contributed by atoms with E-state index >= 15 is 0 Å². The van der Waals surface area contributed by atoms with Crippen molar-refractivity contribution in [2.75, 3.05) is 24.2 Å². The van der Waals surface area contributed by atoms with Crippen LogP contribution < -0.4 is 10.6 Å². The first kappa shape index (κ1) is 12.3. The van der Waals surface area contributed by atoms with Crippen LogP contribution in [-0.4, -0.2) is 48.5 Å². The number of H-pyrrole nitrogens is 1. The minimum absolute atomic E-state index is 0.542. The van der Waals surface area contributed by atoms with Gasteiger partial charge in [-0.1, -0.05) is 0 Å². The van der Waals surface area contributed by atoms with E-state index in [9.17, 15) is 0 Å². The summed E-state index contributed by atoms with van der Waals surface area (Å²) in [6, 6.07) is 0. The zero-order valence-electron chi connectivity index (χ0n) is 11.3. The molecule has 0 aliphatic heterocycles. The van der Waals surface area contributed by atoms with Gasteiger partial charge in [0.1, 0.15) is 12.1 Å². The molecule has 104 valence electrons. The van der Waals surface area contributed by atoms with E-state index < -0.39 is 0 Å². The molecule has 3 aromatic heterocycles. The van der Waals surface area contributed by atoms with Crippen molar-refractivity contribution in [1.82, 2.24) is 34.9 Å². The summed E-state index contributed by atoms with van der Waals surface area (Å²) >= 11 is 0. The summed E-state index contributed by atoms with van der Waals surface area (Å²) in [6.45, 7) is 0.685. The van der Waals surface area contributed by atoms with E-state index in [0.717, 1.165) is 23.4 Å². The maximum atomic E-state index is 4.39. The van der Waals surface area contributed by atoms with Gasteiger partial charge in [-0.15, -0.1) is 0 Å². The monoisotopic (exact) mass is 273 g/mol. The Morgan fingerprint density at radius 1 is 1.35 bits per heavy atom. The number of anilines is 2.